The van der Waals surface area contributed by atoms with Crippen LogP contribution >= 0.6 is 0 Å². The van der Waals surface area contributed by atoms with Crippen molar-refractivity contribution in [2.45, 2.75) is 31.8 Å². The molecule has 1 N–H and O–H groups in total. The van der Waals surface area contributed by atoms with Gasteiger partial charge in [0.2, 0.25) is 0 Å². The summed E-state index contributed by atoms with van der Waals surface area (Å²) in [6.45, 7) is 3.67. The van der Waals surface area contributed by atoms with Crippen molar-refractivity contribution < 1.29 is 14.6 Å². The minimum absolute atomic E-state index is 0.317. The number of benzene rings is 1. The normalized spacial score (nSPS) is 11.9. The number of aliphatic hydroxyl groups is 1. The van der Waals surface area contributed by atoms with Crippen molar-refractivity contribution in [1.29, 1.82) is 0 Å². The van der Waals surface area contributed by atoms with E-state index in [0.29, 0.717) is 17.9 Å². The quantitative estimate of drug-likeness (QED) is 0.569. The molecule has 1 aromatic carbocycles. The van der Waals surface area contributed by atoms with Crippen LogP contribution in [0, 0.1) is 0 Å². The maximum absolute atomic E-state index is 9.91. The Labute approximate surface area is 109 Å². The molecule has 3 nitrogen and oxygen atoms in total. The van der Waals surface area contributed by atoms with Gasteiger partial charge in [-0.3, -0.25) is 0 Å². The summed E-state index contributed by atoms with van der Waals surface area (Å²) in [5.41, 5.74) is 1.05. The molecule has 0 fully saturated rings. The number of methoxy groups -OCH3 is 2. The van der Waals surface area contributed by atoms with E-state index in [2.05, 4.69) is 6.58 Å². The van der Waals surface area contributed by atoms with E-state index in [4.69, 9.17) is 9.47 Å². The van der Waals surface area contributed by atoms with E-state index in [-0.39, 0.29) is 6.10 Å². The number of hydrogen-bond donors (Lipinski definition) is 1. The van der Waals surface area contributed by atoms with E-state index in [1.165, 1.54) is 0 Å². The first-order valence-electron chi connectivity index (χ1n) is 6.21. The lowest BCUT2D eigenvalue weighted by Crippen LogP contribution is -2.10. The third kappa shape index (κ3) is 4.41. The lowest BCUT2D eigenvalue weighted by molar-refractivity contribution is 0.162. The fourth-order valence-electron chi connectivity index (χ4n) is 1.88. The second-order valence-electron chi connectivity index (χ2n) is 4.27. The Morgan fingerprint density at radius 3 is 2.61 bits per heavy atom. The maximum Gasteiger partial charge on any atom is 0.160 e. The minimum Gasteiger partial charge on any atom is -0.493 e. The third-order valence-electron chi connectivity index (χ3n) is 2.86. The van der Waals surface area contributed by atoms with Crippen molar-refractivity contribution in [3.8, 4) is 11.5 Å². The molecule has 0 saturated carbocycles. The highest BCUT2D eigenvalue weighted by atomic mass is 16.5. The second kappa shape index (κ2) is 7.77. The number of ether oxygens (including phenoxy) is 2. The fourth-order valence-corrected chi connectivity index (χ4v) is 1.88. The zero-order valence-electron chi connectivity index (χ0n) is 11.2. The van der Waals surface area contributed by atoms with Crippen LogP contribution in [0.2, 0.25) is 0 Å². The summed E-state index contributed by atoms with van der Waals surface area (Å²) in [4.78, 5) is 0. The molecule has 0 aromatic heterocycles. The Hall–Kier alpha value is -1.48. The Balaban J connectivity index is 2.58. The van der Waals surface area contributed by atoms with Crippen LogP contribution in [-0.4, -0.2) is 25.4 Å². The molecule has 1 rings (SSSR count). The average Bonchev–Trinajstić information content (AvgIpc) is 2.39. The van der Waals surface area contributed by atoms with Crippen LogP contribution in [0.15, 0.2) is 30.9 Å². The molecule has 0 bridgehead atoms. The SMILES string of the molecule is C=CCCCC(O)Cc1ccc(OC)c(OC)c1. The number of aliphatic hydroxyl groups excluding tert-OH is 1. The van der Waals surface area contributed by atoms with E-state index in [0.717, 1.165) is 24.8 Å². The molecule has 0 spiro atoms. The molecule has 0 aliphatic rings. The third-order valence-corrected chi connectivity index (χ3v) is 2.86. The monoisotopic (exact) mass is 250 g/mol. The molecule has 18 heavy (non-hydrogen) atoms. The second-order valence-corrected chi connectivity index (χ2v) is 4.27. The summed E-state index contributed by atoms with van der Waals surface area (Å²) >= 11 is 0. The van der Waals surface area contributed by atoms with Crippen molar-refractivity contribution in [2.24, 2.45) is 0 Å². The topological polar surface area (TPSA) is 38.7 Å². The van der Waals surface area contributed by atoms with Crippen LogP contribution in [-0.2, 0) is 6.42 Å². The molecular formula is C15H22O3. The van der Waals surface area contributed by atoms with Crippen molar-refractivity contribution in [3.05, 3.63) is 36.4 Å². The summed E-state index contributed by atoms with van der Waals surface area (Å²) in [5.74, 6) is 1.41. The molecule has 0 aliphatic carbocycles. The van der Waals surface area contributed by atoms with Gasteiger partial charge in [0.05, 0.1) is 20.3 Å². The van der Waals surface area contributed by atoms with Crippen LogP contribution in [0.25, 0.3) is 0 Å². The Bertz CT molecular complexity index is 374. The fraction of sp³-hybridized carbons (Fsp3) is 0.467. The maximum atomic E-state index is 9.91. The number of allylic oxidation sites excluding steroid dienone is 1. The highest BCUT2D eigenvalue weighted by molar-refractivity contribution is 5.43. The lowest BCUT2D eigenvalue weighted by Gasteiger charge is -2.12. The molecule has 3 heteroatoms. The first-order chi connectivity index (χ1) is 8.71. The average molecular weight is 250 g/mol. The Kier molecular flexibility index (Phi) is 6.29. The first-order valence-corrected chi connectivity index (χ1v) is 6.21. The lowest BCUT2D eigenvalue weighted by atomic mass is 10.0. The minimum atomic E-state index is -0.317. The van der Waals surface area contributed by atoms with Crippen LogP contribution in [0.5, 0.6) is 11.5 Å². The Morgan fingerprint density at radius 2 is 2.00 bits per heavy atom. The van der Waals surface area contributed by atoms with Gasteiger partial charge in [0.1, 0.15) is 0 Å². The highest BCUT2D eigenvalue weighted by Gasteiger charge is 2.09. The molecule has 1 atom stereocenters. The predicted octanol–water partition coefficient (Wildman–Crippen LogP) is 2.96. The zero-order valence-corrected chi connectivity index (χ0v) is 11.2. The van der Waals surface area contributed by atoms with Crippen LogP contribution < -0.4 is 9.47 Å². The number of unbranched alkanes of at least 4 members (excludes halogenated alkanes) is 1. The molecule has 0 radical (unpaired) electrons. The van der Waals surface area contributed by atoms with E-state index in [1.54, 1.807) is 14.2 Å². The van der Waals surface area contributed by atoms with Gasteiger partial charge in [0.15, 0.2) is 11.5 Å². The van der Waals surface area contributed by atoms with E-state index >= 15 is 0 Å². The van der Waals surface area contributed by atoms with Crippen molar-refractivity contribution in [1.82, 2.24) is 0 Å². The molecule has 1 aromatic rings. The van der Waals surface area contributed by atoms with Gasteiger partial charge in [-0.1, -0.05) is 12.1 Å². The standard InChI is InChI=1S/C15H22O3/c1-4-5-6-7-13(16)10-12-8-9-14(17-2)15(11-12)18-3/h4,8-9,11,13,16H,1,5-7,10H2,2-3H3. The number of rotatable bonds is 8. The smallest absolute Gasteiger partial charge is 0.160 e. The van der Waals surface area contributed by atoms with Gasteiger partial charge in [0.25, 0.3) is 0 Å². The van der Waals surface area contributed by atoms with Gasteiger partial charge in [0, 0.05) is 0 Å². The van der Waals surface area contributed by atoms with Crippen LogP contribution in [0.1, 0.15) is 24.8 Å². The molecule has 1 unspecified atom stereocenters. The molecule has 0 aliphatic heterocycles. The molecule has 0 saturated heterocycles. The van der Waals surface area contributed by atoms with E-state index < -0.39 is 0 Å². The van der Waals surface area contributed by atoms with Crippen molar-refractivity contribution in [2.75, 3.05) is 14.2 Å². The van der Waals surface area contributed by atoms with Crippen LogP contribution in [0.4, 0.5) is 0 Å². The summed E-state index contributed by atoms with van der Waals surface area (Å²) < 4.78 is 10.4. The van der Waals surface area contributed by atoms with Gasteiger partial charge in [-0.25, -0.2) is 0 Å². The predicted molar refractivity (Wildman–Crippen MR) is 73.3 cm³/mol. The van der Waals surface area contributed by atoms with Crippen molar-refractivity contribution >= 4 is 0 Å². The number of hydrogen-bond acceptors (Lipinski definition) is 3. The van der Waals surface area contributed by atoms with Gasteiger partial charge in [-0.15, -0.1) is 6.58 Å². The van der Waals surface area contributed by atoms with Crippen molar-refractivity contribution in [3.63, 3.8) is 0 Å². The molecule has 100 valence electrons. The zero-order chi connectivity index (χ0) is 13.4. The molecule has 0 heterocycles. The van der Waals surface area contributed by atoms with Crippen LogP contribution in [0.3, 0.4) is 0 Å². The van der Waals surface area contributed by atoms with E-state index in [9.17, 15) is 5.11 Å². The molecule has 0 amide bonds. The Morgan fingerprint density at radius 1 is 1.28 bits per heavy atom. The summed E-state index contributed by atoms with van der Waals surface area (Å²) in [6.07, 6.45) is 4.91. The summed E-state index contributed by atoms with van der Waals surface area (Å²) in [7, 11) is 3.23. The summed E-state index contributed by atoms with van der Waals surface area (Å²) in [5, 5.41) is 9.91. The van der Waals surface area contributed by atoms with Gasteiger partial charge < -0.3 is 14.6 Å². The first kappa shape index (κ1) is 14.6. The summed E-state index contributed by atoms with van der Waals surface area (Å²) in [6, 6.07) is 5.73. The highest BCUT2D eigenvalue weighted by Crippen LogP contribution is 2.28. The molecular weight excluding hydrogens is 228 g/mol. The van der Waals surface area contributed by atoms with Gasteiger partial charge >= 0.3 is 0 Å². The van der Waals surface area contributed by atoms with Gasteiger partial charge in [-0.2, -0.15) is 0 Å². The van der Waals surface area contributed by atoms with Gasteiger partial charge in [-0.05, 0) is 43.4 Å². The van der Waals surface area contributed by atoms with E-state index in [1.807, 2.05) is 24.3 Å². The largest absolute Gasteiger partial charge is 0.493 e.